The zero-order chi connectivity index (χ0) is 14.3. The molecule has 0 heterocycles. The van der Waals surface area contributed by atoms with E-state index in [0.29, 0.717) is 5.75 Å². The molecule has 0 spiro atoms. The summed E-state index contributed by atoms with van der Waals surface area (Å²) < 4.78 is 5.14. The molecular formula is C15H26N2O2. The first kappa shape index (κ1) is 15.8. The third-order valence-corrected chi connectivity index (χ3v) is 3.22. The van der Waals surface area contributed by atoms with Crippen molar-refractivity contribution in [1.29, 1.82) is 0 Å². The molecule has 1 aromatic rings. The summed E-state index contributed by atoms with van der Waals surface area (Å²) in [7, 11) is 5.75. The molecule has 0 aromatic heterocycles. The van der Waals surface area contributed by atoms with Crippen LogP contribution in [0.2, 0.25) is 0 Å². The van der Waals surface area contributed by atoms with E-state index in [1.54, 1.807) is 13.2 Å². The molecule has 1 rings (SSSR count). The normalized spacial score (nSPS) is 11.3. The summed E-state index contributed by atoms with van der Waals surface area (Å²) >= 11 is 0. The molecule has 0 fully saturated rings. The monoisotopic (exact) mass is 266 g/mol. The van der Waals surface area contributed by atoms with Gasteiger partial charge in [-0.25, -0.2) is 0 Å². The maximum Gasteiger partial charge on any atom is 0.162 e. The fourth-order valence-electron chi connectivity index (χ4n) is 2.06. The van der Waals surface area contributed by atoms with Crippen molar-refractivity contribution in [2.75, 3.05) is 40.8 Å². The van der Waals surface area contributed by atoms with Gasteiger partial charge >= 0.3 is 0 Å². The van der Waals surface area contributed by atoms with Crippen LogP contribution in [0.4, 0.5) is 0 Å². The largest absolute Gasteiger partial charge is 0.504 e. The van der Waals surface area contributed by atoms with Crippen molar-refractivity contribution in [3.8, 4) is 11.5 Å². The van der Waals surface area contributed by atoms with Gasteiger partial charge in [-0.05, 0) is 46.2 Å². The Bertz CT molecular complexity index is 380. The minimum absolute atomic E-state index is 0.260. The number of phenols is 1. The molecule has 0 aliphatic carbocycles. The van der Waals surface area contributed by atoms with Crippen LogP contribution in [-0.2, 0) is 6.54 Å². The molecule has 0 unspecified atom stereocenters. The number of nitrogens with zero attached hydrogens (tertiary/aromatic N) is 2. The standard InChI is InChI=1S/C15H26N2O2/c1-5-17(11-7-10-16(2)3)12-13-8-6-9-14(19-4)15(13)18/h6,8-9,18H,5,7,10-12H2,1-4H3. The van der Waals surface area contributed by atoms with Crippen molar-refractivity contribution in [3.63, 3.8) is 0 Å². The van der Waals surface area contributed by atoms with Gasteiger partial charge < -0.3 is 14.7 Å². The molecule has 19 heavy (non-hydrogen) atoms. The van der Waals surface area contributed by atoms with E-state index >= 15 is 0 Å². The second-order valence-electron chi connectivity index (χ2n) is 4.99. The van der Waals surface area contributed by atoms with E-state index in [1.807, 2.05) is 12.1 Å². The predicted molar refractivity (Wildman–Crippen MR) is 78.8 cm³/mol. The number of methoxy groups -OCH3 is 1. The SMILES string of the molecule is CCN(CCCN(C)C)Cc1cccc(OC)c1O. The van der Waals surface area contributed by atoms with Crippen molar-refractivity contribution in [2.45, 2.75) is 19.9 Å². The summed E-state index contributed by atoms with van der Waals surface area (Å²) in [6, 6.07) is 5.65. The maximum absolute atomic E-state index is 10.1. The summed E-state index contributed by atoms with van der Waals surface area (Å²) in [6.07, 6.45) is 1.13. The minimum Gasteiger partial charge on any atom is -0.504 e. The highest BCUT2D eigenvalue weighted by atomic mass is 16.5. The van der Waals surface area contributed by atoms with Crippen LogP contribution in [-0.4, -0.2) is 55.7 Å². The molecule has 0 saturated carbocycles. The predicted octanol–water partition coefficient (Wildman–Crippen LogP) is 2.17. The number of phenolic OH excluding ortho intramolecular Hbond substituents is 1. The Kier molecular flexibility index (Phi) is 6.67. The van der Waals surface area contributed by atoms with E-state index in [-0.39, 0.29) is 5.75 Å². The Morgan fingerprint density at radius 2 is 1.95 bits per heavy atom. The van der Waals surface area contributed by atoms with Gasteiger partial charge in [0.2, 0.25) is 0 Å². The van der Waals surface area contributed by atoms with Gasteiger partial charge in [0.1, 0.15) is 0 Å². The van der Waals surface area contributed by atoms with Crippen LogP contribution >= 0.6 is 0 Å². The van der Waals surface area contributed by atoms with Crippen molar-refractivity contribution < 1.29 is 9.84 Å². The van der Waals surface area contributed by atoms with E-state index in [4.69, 9.17) is 4.74 Å². The summed E-state index contributed by atoms with van der Waals surface area (Å²) in [4.78, 5) is 4.52. The number of hydrogen-bond donors (Lipinski definition) is 1. The fourth-order valence-corrected chi connectivity index (χ4v) is 2.06. The lowest BCUT2D eigenvalue weighted by molar-refractivity contribution is 0.255. The van der Waals surface area contributed by atoms with Crippen LogP contribution in [0.25, 0.3) is 0 Å². The van der Waals surface area contributed by atoms with Gasteiger partial charge in [0.05, 0.1) is 7.11 Å². The highest BCUT2D eigenvalue weighted by Crippen LogP contribution is 2.30. The third kappa shape index (κ3) is 5.09. The number of aromatic hydroxyl groups is 1. The Morgan fingerprint density at radius 3 is 2.53 bits per heavy atom. The van der Waals surface area contributed by atoms with Crippen molar-refractivity contribution in [2.24, 2.45) is 0 Å². The number of rotatable bonds is 8. The van der Waals surface area contributed by atoms with Gasteiger partial charge in [0.25, 0.3) is 0 Å². The Morgan fingerprint density at radius 1 is 1.21 bits per heavy atom. The van der Waals surface area contributed by atoms with Crippen molar-refractivity contribution in [3.05, 3.63) is 23.8 Å². The van der Waals surface area contributed by atoms with Gasteiger partial charge in [-0.15, -0.1) is 0 Å². The quantitative estimate of drug-likeness (QED) is 0.782. The first-order valence-electron chi connectivity index (χ1n) is 6.80. The Hall–Kier alpha value is -1.26. The molecule has 0 atom stereocenters. The summed E-state index contributed by atoms with van der Waals surface area (Å²) in [5.41, 5.74) is 0.922. The lowest BCUT2D eigenvalue weighted by atomic mass is 10.1. The molecule has 1 aromatic carbocycles. The van der Waals surface area contributed by atoms with E-state index in [0.717, 1.165) is 38.2 Å². The Labute approximate surface area is 116 Å². The fraction of sp³-hybridized carbons (Fsp3) is 0.600. The molecule has 0 aliphatic heterocycles. The molecule has 0 bridgehead atoms. The molecule has 108 valence electrons. The molecule has 4 heteroatoms. The lowest BCUT2D eigenvalue weighted by Crippen LogP contribution is -2.26. The molecule has 0 saturated heterocycles. The summed E-state index contributed by atoms with van der Waals surface area (Å²) in [5, 5.41) is 10.1. The minimum atomic E-state index is 0.260. The summed E-state index contributed by atoms with van der Waals surface area (Å²) in [5.74, 6) is 0.804. The van der Waals surface area contributed by atoms with Crippen LogP contribution in [0, 0.1) is 0 Å². The topological polar surface area (TPSA) is 35.9 Å². The summed E-state index contributed by atoms with van der Waals surface area (Å²) in [6.45, 7) is 6.00. The van der Waals surface area contributed by atoms with E-state index in [1.165, 1.54) is 0 Å². The zero-order valence-electron chi connectivity index (χ0n) is 12.5. The first-order valence-corrected chi connectivity index (χ1v) is 6.80. The number of benzene rings is 1. The van der Waals surface area contributed by atoms with E-state index in [2.05, 4.69) is 30.8 Å². The van der Waals surface area contributed by atoms with Crippen LogP contribution in [0.15, 0.2) is 18.2 Å². The van der Waals surface area contributed by atoms with Gasteiger partial charge in [-0.3, -0.25) is 4.90 Å². The second-order valence-corrected chi connectivity index (χ2v) is 4.99. The smallest absolute Gasteiger partial charge is 0.162 e. The zero-order valence-corrected chi connectivity index (χ0v) is 12.5. The molecular weight excluding hydrogens is 240 g/mol. The van der Waals surface area contributed by atoms with Crippen LogP contribution in [0.3, 0.4) is 0 Å². The van der Waals surface area contributed by atoms with Gasteiger partial charge in [0.15, 0.2) is 11.5 Å². The number of ether oxygens (including phenoxy) is 1. The molecule has 4 nitrogen and oxygen atoms in total. The molecule has 1 N–H and O–H groups in total. The average Bonchev–Trinajstić information content (AvgIpc) is 2.39. The highest BCUT2D eigenvalue weighted by molar-refractivity contribution is 5.45. The molecule has 0 amide bonds. The van der Waals surface area contributed by atoms with Gasteiger partial charge in [0, 0.05) is 12.1 Å². The second kappa shape index (κ2) is 8.02. The van der Waals surface area contributed by atoms with E-state index in [9.17, 15) is 5.11 Å². The van der Waals surface area contributed by atoms with Crippen LogP contribution < -0.4 is 4.74 Å². The third-order valence-electron chi connectivity index (χ3n) is 3.22. The maximum atomic E-state index is 10.1. The Balaban J connectivity index is 2.60. The highest BCUT2D eigenvalue weighted by Gasteiger charge is 2.10. The van der Waals surface area contributed by atoms with Crippen LogP contribution in [0.5, 0.6) is 11.5 Å². The van der Waals surface area contributed by atoms with Crippen molar-refractivity contribution >= 4 is 0 Å². The first-order chi connectivity index (χ1) is 9.08. The van der Waals surface area contributed by atoms with E-state index < -0.39 is 0 Å². The van der Waals surface area contributed by atoms with Gasteiger partial charge in [-0.1, -0.05) is 19.1 Å². The van der Waals surface area contributed by atoms with Gasteiger partial charge in [-0.2, -0.15) is 0 Å². The number of hydrogen-bond acceptors (Lipinski definition) is 4. The molecule has 0 radical (unpaired) electrons. The molecule has 0 aliphatic rings. The average molecular weight is 266 g/mol. The van der Waals surface area contributed by atoms with Crippen molar-refractivity contribution in [1.82, 2.24) is 9.80 Å². The number of para-hydroxylation sites is 1. The lowest BCUT2D eigenvalue weighted by Gasteiger charge is -2.22. The van der Waals surface area contributed by atoms with Crippen LogP contribution in [0.1, 0.15) is 18.9 Å².